The lowest BCUT2D eigenvalue weighted by atomic mass is 9.88. The van der Waals surface area contributed by atoms with Crippen LogP contribution in [0.15, 0.2) is 24.3 Å². The summed E-state index contributed by atoms with van der Waals surface area (Å²) >= 11 is 0. The number of hydrogen-bond acceptors (Lipinski definition) is 3. The van der Waals surface area contributed by atoms with Crippen LogP contribution in [0.3, 0.4) is 0 Å². The van der Waals surface area contributed by atoms with E-state index in [1.807, 2.05) is 13.8 Å². The summed E-state index contributed by atoms with van der Waals surface area (Å²) in [6.45, 7) is 5.29. The van der Waals surface area contributed by atoms with Crippen LogP contribution >= 0.6 is 0 Å². The molecule has 1 fully saturated rings. The Balaban J connectivity index is 1.96. The van der Waals surface area contributed by atoms with E-state index in [1.54, 1.807) is 24.3 Å². The lowest BCUT2D eigenvalue weighted by Crippen LogP contribution is -2.49. The highest BCUT2D eigenvalue weighted by molar-refractivity contribution is 5.98. The van der Waals surface area contributed by atoms with Crippen LogP contribution in [0.2, 0.25) is 0 Å². The first kappa shape index (κ1) is 19.9. The molecule has 0 unspecified atom stereocenters. The summed E-state index contributed by atoms with van der Waals surface area (Å²) in [5.74, 6) is -0.376. The summed E-state index contributed by atoms with van der Waals surface area (Å²) in [5.41, 5.74) is 1.29. The maximum atomic E-state index is 12.6. The van der Waals surface area contributed by atoms with Gasteiger partial charge < -0.3 is 16.0 Å². The molecule has 2 rings (SSSR count). The molecule has 0 heterocycles. The summed E-state index contributed by atoms with van der Waals surface area (Å²) in [6, 6.07) is 6.33. The van der Waals surface area contributed by atoms with Gasteiger partial charge in [-0.3, -0.25) is 14.4 Å². The molecule has 0 saturated heterocycles. The van der Waals surface area contributed by atoms with Gasteiger partial charge in [0.15, 0.2) is 0 Å². The number of anilines is 2. The first-order valence-corrected chi connectivity index (χ1v) is 9.35. The average molecular weight is 359 g/mol. The molecular weight excluding hydrogens is 330 g/mol. The lowest BCUT2D eigenvalue weighted by molar-refractivity contribution is -0.130. The molecule has 1 aromatic rings. The number of nitrogens with one attached hydrogen (secondary N) is 3. The first-order valence-electron chi connectivity index (χ1n) is 9.35. The van der Waals surface area contributed by atoms with Crippen LogP contribution in [0.25, 0.3) is 0 Å². The molecule has 26 heavy (non-hydrogen) atoms. The Labute approximate surface area is 155 Å². The monoisotopic (exact) mass is 359 g/mol. The molecule has 1 aromatic carbocycles. The molecule has 6 heteroatoms. The Morgan fingerprint density at radius 2 is 1.46 bits per heavy atom. The van der Waals surface area contributed by atoms with E-state index in [0.29, 0.717) is 11.4 Å². The molecule has 1 aliphatic rings. The van der Waals surface area contributed by atoms with Gasteiger partial charge in [-0.1, -0.05) is 33.1 Å². The van der Waals surface area contributed by atoms with Crippen molar-refractivity contribution in [2.75, 3.05) is 10.6 Å². The Morgan fingerprint density at radius 1 is 0.923 bits per heavy atom. The predicted molar refractivity (Wildman–Crippen MR) is 103 cm³/mol. The van der Waals surface area contributed by atoms with Crippen molar-refractivity contribution >= 4 is 29.1 Å². The molecule has 0 spiro atoms. The highest BCUT2D eigenvalue weighted by Crippen LogP contribution is 2.24. The average Bonchev–Trinajstić information content (AvgIpc) is 2.61. The Hall–Kier alpha value is -2.37. The molecule has 3 N–H and O–H groups in total. The zero-order valence-corrected chi connectivity index (χ0v) is 15.8. The van der Waals surface area contributed by atoms with Crippen LogP contribution in [-0.2, 0) is 14.4 Å². The number of carbonyl (C=O) groups is 3. The van der Waals surface area contributed by atoms with Crippen molar-refractivity contribution in [1.29, 1.82) is 0 Å². The third-order valence-electron chi connectivity index (χ3n) is 4.70. The summed E-state index contributed by atoms with van der Waals surface area (Å²) < 4.78 is 0. The van der Waals surface area contributed by atoms with Crippen LogP contribution in [-0.4, -0.2) is 23.8 Å². The van der Waals surface area contributed by atoms with Gasteiger partial charge in [-0.15, -0.1) is 0 Å². The summed E-state index contributed by atoms with van der Waals surface area (Å²) in [6.07, 6.45) is 5.16. The van der Waals surface area contributed by atoms with Crippen molar-refractivity contribution in [3.8, 4) is 0 Å². The molecular formula is C20H29N3O3. The van der Waals surface area contributed by atoms with Gasteiger partial charge in [-0.2, -0.15) is 0 Å². The second-order valence-corrected chi connectivity index (χ2v) is 7.31. The van der Waals surface area contributed by atoms with Crippen molar-refractivity contribution in [1.82, 2.24) is 5.32 Å². The second-order valence-electron chi connectivity index (χ2n) is 7.31. The Kier molecular flexibility index (Phi) is 7.18. The molecule has 1 aliphatic carbocycles. The van der Waals surface area contributed by atoms with Gasteiger partial charge in [0.25, 0.3) is 0 Å². The zero-order valence-electron chi connectivity index (χ0n) is 15.8. The van der Waals surface area contributed by atoms with Gasteiger partial charge in [-0.05, 0) is 43.0 Å². The fourth-order valence-electron chi connectivity index (χ4n) is 3.23. The van der Waals surface area contributed by atoms with Gasteiger partial charge in [0.1, 0.15) is 6.04 Å². The maximum absolute atomic E-state index is 12.6. The van der Waals surface area contributed by atoms with E-state index in [4.69, 9.17) is 0 Å². The number of hydrogen-bond donors (Lipinski definition) is 3. The minimum absolute atomic E-state index is 0.0128. The predicted octanol–water partition coefficient (Wildman–Crippen LogP) is 3.30. The van der Waals surface area contributed by atoms with Gasteiger partial charge >= 0.3 is 0 Å². The molecule has 1 saturated carbocycles. The van der Waals surface area contributed by atoms with Crippen LogP contribution in [0.1, 0.15) is 52.9 Å². The molecule has 3 amide bonds. The number of rotatable bonds is 6. The molecule has 6 nitrogen and oxygen atoms in total. The van der Waals surface area contributed by atoms with E-state index in [9.17, 15) is 14.4 Å². The molecule has 0 bridgehead atoms. The van der Waals surface area contributed by atoms with Crippen LogP contribution in [0.5, 0.6) is 0 Å². The summed E-state index contributed by atoms with van der Waals surface area (Å²) in [4.78, 5) is 36.2. The van der Waals surface area contributed by atoms with Gasteiger partial charge in [0, 0.05) is 24.2 Å². The van der Waals surface area contributed by atoms with E-state index in [1.165, 1.54) is 13.3 Å². The largest absolute Gasteiger partial charge is 0.344 e. The van der Waals surface area contributed by atoms with E-state index in [-0.39, 0.29) is 29.6 Å². The van der Waals surface area contributed by atoms with Gasteiger partial charge in [-0.25, -0.2) is 0 Å². The molecule has 0 aromatic heterocycles. The Morgan fingerprint density at radius 3 is 1.96 bits per heavy atom. The lowest BCUT2D eigenvalue weighted by Gasteiger charge is -2.26. The van der Waals surface area contributed by atoms with Crippen LogP contribution in [0, 0.1) is 11.8 Å². The van der Waals surface area contributed by atoms with Gasteiger partial charge in [0.05, 0.1) is 0 Å². The van der Waals surface area contributed by atoms with Crippen molar-refractivity contribution in [3.63, 3.8) is 0 Å². The van der Waals surface area contributed by atoms with Crippen LogP contribution in [0.4, 0.5) is 11.4 Å². The first-order chi connectivity index (χ1) is 12.4. The fourth-order valence-corrected chi connectivity index (χ4v) is 3.23. The number of benzene rings is 1. The third kappa shape index (κ3) is 5.86. The van der Waals surface area contributed by atoms with Crippen molar-refractivity contribution in [2.24, 2.45) is 11.8 Å². The second kappa shape index (κ2) is 9.36. The van der Waals surface area contributed by atoms with Crippen molar-refractivity contribution in [2.45, 2.75) is 58.9 Å². The normalized spacial score (nSPS) is 16.0. The van der Waals surface area contributed by atoms with E-state index in [2.05, 4.69) is 16.0 Å². The smallest absolute Gasteiger partial charge is 0.247 e. The SMILES string of the molecule is CC(=O)Nc1ccc(NC(=O)[C@@H](NC(=O)C2CCCCC2)C(C)C)cc1. The maximum Gasteiger partial charge on any atom is 0.247 e. The quantitative estimate of drug-likeness (QED) is 0.728. The summed E-state index contributed by atoms with van der Waals surface area (Å²) in [7, 11) is 0. The fraction of sp³-hybridized carbons (Fsp3) is 0.550. The van der Waals surface area contributed by atoms with E-state index in [0.717, 1.165) is 25.7 Å². The number of amides is 3. The minimum atomic E-state index is -0.570. The van der Waals surface area contributed by atoms with E-state index >= 15 is 0 Å². The van der Waals surface area contributed by atoms with Crippen LogP contribution < -0.4 is 16.0 Å². The molecule has 142 valence electrons. The third-order valence-corrected chi connectivity index (χ3v) is 4.70. The standard InChI is InChI=1S/C20H29N3O3/c1-13(2)18(23-19(25)15-7-5-4-6-8-15)20(26)22-17-11-9-16(10-12-17)21-14(3)24/h9-13,15,18H,4-8H2,1-3H3,(H,21,24)(H,22,26)(H,23,25)/t18-/m0/s1. The molecule has 1 atom stereocenters. The summed E-state index contributed by atoms with van der Waals surface area (Å²) in [5, 5.41) is 8.46. The Bertz CT molecular complexity index is 634. The van der Waals surface area contributed by atoms with Crippen molar-refractivity contribution in [3.05, 3.63) is 24.3 Å². The highest BCUT2D eigenvalue weighted by Gasteiger charge is 2.28. The molecule has 0 aliphatic heterocycles. The minimum Gasteiger partial charge on any atom is -0.344 e. The number of carbonyl (C=O) groups excluding carboxylic acids is 3. The topological polar surface area (TPSA) is 87.3 Å². The van der Waals surface area contributed by atoms with Crippen molar-refractivity contribution < 1.29 is 14.4 Å². The zero-order chi connectivity index (χ0) is 19.1. The van der Waals surface area contributed by atoms with Gasteiger partial charge in [0.2, 0.25) is 17.7 Å². The molecule has 0 radical (unpaired) electrons. The highest BCUT2D eigenvalue weighted by atomic mass is 16.2. The van der Waals surface area contributed by atoms with E-state index < -0.39 is 6.04 Å².